The van der Waals surface area contributed by atoms with E-state index in [9.17, 15) is 0 Å². The van der Waals surface area contributed by atoms with Crippen LogP contribution < -0.4 is 0 Å². The first-order valence-corrected chi connectivity index (χ1v) is 5.77. The van der Waals surface area contributed by atoms with Gasteiger partial charge in [0.25, 0.3) is 0 Å². The lowest BCUT2D eigenvalue weighted by atomic mass is 9.73. The third kappa shape index (κ3) is 1.25. The van der Waals surface area contributed by atoms with Crippen LogP contribution in [0.2, 0.25) is 0 Å². The number of hydrogen-bond acceptors (Lipinski definition) is 2. The summed E-state index contributed by atoms with van der Waals surface area (Å²) in [6.45, 7) is 0. The highest BCUT2D eigenvalue weighted by Gasteiger charge is 2.51. The lowest BCUT2D eigenvalue weighted by Gasteiger charge is -2.39. The van der Waals surface area contributed by atoms with Gasteiger partial charge in [0.15, 0.2) is 0 Å². The smallest absolute Gasteiger partial charge is 0.0790 e. The Hall–Kier alpha value is -0.600. The van der Waals surface area contributed by atoms with E-state index in [1.54, 1.807) is 0 Å². The third-order valence-electron chi connectivity index (χ3n) is 4.38. The number of rotatable bonds is 2. The third-order valence-corrected chi connectivity index (χ3v) is 4.38. The van der Waals surface area contributed by atoms with Gasteiger partial charge in [-0.25, -0.2) is 0 Å². The van der Waals surface area contributed by atoms with Crippen LogP contribution in [0.25, 0.3) is 0 Å². The quantitative estimate of drug-likeness (QED) is 0.644. The molecule has 82 valence electrons. The molecule has 0 N–H and O–H groups in total. The van der Waals surface area contributed by atoms with Crippen LogP contribution in [0.3, 0.4) is 0 Å². The van der Waals surface area contributed by atoms with Crippen LogP contribution in [-0.4, -0.2) is 26.4 Å². The van der Waals surface area contributed by atoms with E-state index in [-0.39, 0.29) is 0 Å². The van der Waals surface area contributed by atoms with Gasteiger partial charge in [0.1, 0.15) is 0 Å². The van der Waals surface area contributed by atoms with Crippen LogP contribution in [0.4, 0.5) is 0 Å². The van der Waals surface area contributed by atoms with Crippen LogP contribution in [0.5, 0.6) is 0 Å². The molecule has 0 spiro atoms. The van der Waals surface area contributed by atoms with Crippen molar-refractivity contribution in [2.45, 2.75) is 18.6 Å². The Morgan fingerprint density at radius 1 is 0.800 bits per heavy atom. The Morgan fingerprint density at radius 3 is 1.67 bits per heavy atom. The van der Waals surface area contributed by atoms with Crippen molar-refractivity contribution in [1.82, 2.24) is 0 Å². The van der Waals surface area contributed by atoms with Crippen molar-refractivity contribution in [2.24, 2.45) is 23.7 Å². The lowest BCUT2D eigenvalue weighted by Crippen LogP contribution is -2.41. The predicted octanol–water partition coefficient (Wildman–Crippen LogP) is 2.02. The molecule has 0 aliphatic heterocycles. The first-order valence-electron chi connectivity index (χ1n) is 5.77. The molecule has 2 bridgehead atoms. The van der Waals surface area contributed by atoms with Gasteiger partial charge in [-0.2, -0.15) is 0 Å². The summed E-state index contributed by atoms with van der Waals surface area (Å²) < 4.78 is 11.1. The zero-order chi connectivity index (χ0) is 10.4. The van der Waals surface area contributed by atoms with Crippen molar-refractivity contribution < 1.29 is 9.47 Å². The highest BCUT2D eigenvalue weighted by Crippen LogP contribution is 2.53. The molecular weight excluding hydrogens is 188 g/mol. The number of allylic oxidation sites excluding steroid dienone is 2. The van der Waals surface area contributed by atoms with Crippen LogP contribution in [0, 0.1) is 23.7 Å². The molecule has 1 fully saturated rings. The fourth-order valence-electron chi connectivity index (χ4n) is 3.77. The molecule has 15 heavy (non-hydrogen) atoms. The van der Waals surface area contributed by atoms with E-state index in [0.717, 1.165) is 0 Å². The molecule has 3 aliphatic carbocycles. The summed E-state index contributed by atoms with van der Waals surface area (Å²) in [5, 5.41) is 0. The average Bonchev–Trinajstić information content (AvgIpc) is 2.88. The summed E-state index contributed by atoms with van der Waals surface area (Å²) in [6, 6.07) is 0. The maximum atomic E-state index is 5.57. The monoisotopic (exact) mass is 206 g/mol. The number of methoxy groups -OCH3 is 2. The van der Waals surface area contributed by atoms with Gasteiger partial charge in [0.2, 0.25) is 0 Å². The first-order chi connectivity index (χ1) is 7.35. The normalized spacial score (nSPS) is 51.1. The van der Waals surface area contributed by atoms with Crippen molar-refractivity contribution in [2.75, 3.05) is 14.2 Å². The average molecular weight is 206 g/mol. The molecule has 0 heterocycles. The summed E-state index contributed by atoms with van der Waals surface area (Å²) in [5.41, 5.74) is 0. The van der Waals surface area contributed by atoms with E-state index in [2.05, 4.69) is 24.3 Å². The van der Waals surface area contributed by atoms with Crippen molar-refractivity contribution in [3.05, 3.63) is 24.3 Å². The largest absolute Gasteiger partial charge is 0.377 e. The van der Waals surface area contributed by atoms with E-state index in [1.807, 2.05) is 14.2 Å². The van der Waals surface area contributed by atoms with Crippen LogP contribution in [0.15, 0.2) is 24.3 Å². The molecule has 1 saturated carbocycles. The van der Waals surface area contributed by atoms with Gasteiger partial charge in [0, 0.05) is 26.1 Å². The topological polar surface area (TPSA) is 18.5 Å². The summed E-state index contributed by atoms with van der Waals surface area (Å²) in [7, 11) is 3.63. The maximum absolute atomic E-state index is 5.57. The number of fused-ring (bicyclic) bond motifs is 5. The predicted molar refractivity (Wildman–Crippen MR) is 58.5 cm³/mol. The molecule has 0 radical (unpaired) electrons. The van der Waals surface area contributed by atoms with E-state index in [1.165, 1.54) is 6.42 Å². The maximum Gasteiger partial charge on any atom is 0.0790 e. The molecule has 3 aliphatic rings. The minimum absolute atomic E-state index is 0.293. The standard InChI is InChI=1S/C13H18O2/c1-14-10-5-6-11(15-2)13-9-4-3-8(7-9)12(10)13/h3-6,8-13H,7H2,1-2H3/t8-,9+,10+,11-,12+,13-. The molecular formula is C13H18O2. The van der Waals surface area contributed by atoms with Crippen LogP contribution >= 0.6 is 0 Å². The van der Waals surface area contributed by atoms with Gasteiger partial charge in [-0.15, -0.1) is 0 Å². The summed E-state index contributed by atoms with van der Waals surface area (Å²) in [5.74, 6) is 2.71. The molecule has 0 aromatic heterocycles. The molecule has 3 rings (SSSR count). The molecule has 2 heteroatoms. The van der Waals surface area contributed by atoms with Gasteiger partial charge >= 0.3 is 0 Å². The highest BCUT2D eigenvalue weighted by molar-refractivity contribution is 5.23. The fraction of sp³-hybridized carbons (Fsp3) is 0.692. The molecule has 6 atom stereocenters. The van der Waals surface area contributed by atoms with Crippen molar-refractivity contribution in [3.8, 4) is 0 Å². The Balaban J connectivity index is 1.94. The zero-order valence-corrected chi connectivity index (χ0v) is 9.30. The first kappa shape index (κ1) is 9.61. The molecule has 2 nitrogen and oxygen atoms in total. The Kier molecular flexibility index (Phi) is 2.22. The van der Waals surface area contributed by atoms with Crippen molar-refractivity contribution in [1.29, 1.82) is 0 Å². The van der Waals surface area contributed by atoms with Gasteiger partial charge in [0.05, 0.1) is 12.2 Å². The Morgan fingerprint density at radius 2 is 1.27 bits per heavy atom. The summed E-state index contributed by atoms with van der Waals surface area (Å²) in [4.78, 5) is 0. The molecule has 0 aromatic rings. The number of ether oxygens (including phenoxy) is 2. The second-order valence-corrected chi connectivity index (χ2v) is 4.89. The highest BCUT2D eigenvalue weighted by atomic mass is 16.5. The van der Waals surface area contributed by atoms with Gasteiger partial charge in [-0.1, -0.05) is 24.3 Å². The molecule has 0 amide bonds. The van der Waals surface area contributed by atoms with Crippen molar-refractivity contribution >= 4 is 0 Å². The summed E-state index contributed by atoms with van der Waals surface area (Å²) in [6.07, 6.45) is 11.0. The Bertz CT molecular complexity index is 280. The van der Waals surface area contributed by atoms with E-state index >= 15 is 0 Å². The van der Waals surface area contributed by atoms with Gasteiger partial charge in [-0.05, 0) is 18.3 Å². The zero-order valence-electron chi connectivity index (χ0n) is 9.30. The lowest BCUT2D eigenvalue weighted by molar-refractivity contribution is -0.0124. The fourth-order valence-corrected chi connectivity index (χ4v) is 3.77. The minimum Gasteiger partial charge on any atom is -0.377 e. The van der Waals surface area contributed by atoms with Crippen molar-refractivity contribution in [3.63, 3.8) is 0 Å². The Labute approximate surface area is 90.9 Å². The van der Waals surface area contributed by atoms with E-state index in [4.69, 9.17) is 9.47 Å². The molecule has 0 unspecified atom stereocenters. The second-order valence-electron chi connectivity index (χ2n) is 4.89. The van der Waals surface area contributed by atoms with Gasteiger partial charge < -0.3 is 9.47 Å². The number of hydrogen-bond donors (Lipinski definition) is 0. The van der Waals surface area contributed by atoms with Crippen LogP contribution in [-0.2, 0) is 9.47 Å². The van der Waals surface area contributed by atoms with E-state index < -0.39 is 0 Å². The van der Waals surface area contributed by atoms with E-state index in [0.29, 0.717) is 35.9 Å². The molecule has 0 aromatic carbocycles. The second kappa shape index (κ2) is 3.46. The minimum atomic E-state index is 0.293. The molecule has 0 saturated heterocycles. The van der Waals surface area contributed by atoms with Crippen LogP contribution in [0.1, 0.15) is 6.42 Å². The SMILES string of the molecule is CO[C@H]1C=C[C@@H](OC)[C@@H]2[C@H]1[C@@H]1C=C[C@H]2C1. The summed E-state index contributed by atoms with van der Waals surface area (Å²) >= 11 is 0. The van der Waals surface area contributed by atoms with Gasteiger partial charge in [-0.3, -0.25) is 0 Å².